The molecule has 0 saturated carbocycles. The van der Waals surface area contributed by atoms with Gasteiger partial charge < -0.3 is 23.4 Å². The van der Waals surface area contributed by atoms with Crippen LogP contribution in [0.1, 0.15) is 34.5 Å². The first-order valence-electron chi connectivity index (χ1n) is 16.3. The Morgan fingerprint density at radius 2 is 1.47 bits per heavy atom. The third kappa shape index (κ3) is 9.21. The number of hydrogen-bond acceptors (Lipinski definition) is 9. The van der Waals surface area contributed by atoms with Gasteiger partial charge in [0, 0.05) is 17.3 Å². The van der Waals surface area contributed by atoms with E-state index in [1.54, 1.807) is 41.1 Å². The van der Waals surface area contributed by atoms with E-state index in [1.807, 2.05) is 72.9 Å². The summed E-state index contributed by atoms with van der Waals surface area (Å²) in [5.41, 5.74) is 3.50. The van der Waals surface area contributed by atoms with Gasteiger partial charge in [-0.25, -0.2) is 4.68 Å². The summed E-state index contributed by atoms with van der Waals surface area (Å²) < 4.78 is 31.4. The highest BCUT2D eigenvalue weighted by atomic mass is 16.5. The molecule has 0 aliphatic carbocycles. The number of hydrogen-bond donors (Lipinski definition) is 0. The highest BCUT2D eigenvalue weighted by Gasteiger charge is 2.18. The zero-order chi connectivity index (χ0) is 33.7. The van der Waals surface area contributed by atoms with Crippen molar-refractivity contribution < 1.29 is 28.2 Å². The molecule has 10 heteroatoms. The minimum atomic E-state index is -0.214. The predicted octanol–water partition coefficient (Wildman–Crippen LogP) is 6.94. The van der Waals surface area contributed by atoms with E-state index >= 15 is 0 Å². The van der Waals surface area contributed by atoms with Crippen molar-refractivity contribution in [3.8, 4) is 28.6 Å². The molecule has 10 nitrogen and oxygen atoms in total. The summed E-state index contributed by atoms with van der Waals surface area (Å²) in [4.78, 5) is 24.2. The van der Waals surface area contributed by atoms with E-state index in [-0.39, 0.29) is 17.8 Å². The predicted molar refractivity (Wildman–Crippen MR) is 185 cm³/mol. The Morgan fingerprint density at radius 1 is 0.735 bits per heavy atom. The van der Waals surface area contributed by atoms with Crippen molar-refractivity contribution in [1.29, 1.82) is 0 Å². The van der Waals surface area contributed by atoms with Crippen molar-refractivity contribution >= 4 is 17.3 Å². The van der Waals surface area contributed by atoms with Gasteiger partial charge in [-0.15, -0.1) is 5.10 Å². The molecule has 0 aliphatic heterocycles. The molecular weight excluding hydrogens is 622 g/mol. The van der Waals surface area contributed by atoms with Crippen molar-refractivity contribution in [2.45, 2.75) is 32.4 Å². The van der Waals surface area contributed by atoms with Gasteiger partial charge in [0.1, 0.15) is 36.6 Å². The maximum absolute atomic E-state index is 13.4. The molecule has 0 atom stereocenters. The van der Waals surface area contributed by atoms with Gasteiger partial charge in [0.15, 0.2) is 5.76 Å². The molecule has 0 radical (unpaired) electrons. The fourth-order valence-electron chi connectivity index (χ4n) is 5.16. The van der Waals surface area contributed by atoms with Crippen molar-refractivity contribution in [2.75, 3.05) is 26.4 Å². The van der Waals surface area contributed by atoms with Gasteiger partial charge in [-0.1, -0.05) is 47.7 Å². The lowest BCUT2D eigenvalue weighted by molar-refractivity contribution is 0.0923. The number of unbranched alkanes of at least 4 members (excludes halogenated alkanes) is 1. The van der Waals surface area contributed by atoms with Crippen LogP contribution in [0.2, 0.25) is 0 Å². The van der Waals surface area contributed by atoms with Crippen LogP contribution >= 0.6 is 0 Å². The van der Waals surface area contributed by atoms with Crippen molar-refractivity contribution in [3.05, 3.63) is 136 Å². The highest BCUT2D eigenvalue weighted by molar-refractivity contribution is 5.82. The molecule has 250 valence electrons. The molecule has 6 rings (SSSR count). The molecule has 0 aliphatic rings. The first-order valence-corrected chi connectivity index (χ1v) is 16.3. The third-order valence-electron chi connectivity index (χ3n) is 7.76. The number of carbonyl (C=O) groups is 1. The van der Waals surface area contributed by atoms with E-state index in [9.17, 15) is 9.59 Å². The monoisotopic (exact) mass is 659 g/mol. The molecule has 2 aromatic heterocycles. The zero-order valence-corrected chi connectivity index (χ0v) is 27.0. The smallest absolute Gasteiger partial charge is 0.235 e. The Morgan fingerprint density at radius 3 is 2.27 bits per heavy atom. The molecule has 2 heterocycles. The number of nitrogens with zero attached hydrogens (tertiary/aromatic N) is 3. The van der Waals surface area contributed by atoms with Gasteiger partial charge >= 0.3 is 0 Å². The Hall–Kier alpha value is -5.74. The largest absolute Gasteiger partial charge is 0.494 e. The minimum Gasteiger partial charge on any atom is -0.494 e. The molecule has 6 aromatic rings. The van der Waals surface area contributed by atoms with Crippen LogP contribution in [0.4, 0.5) is 0 Å². The number of para-hydroxylation sites is 1. The number of ether oxygens (including phenoxy) is 4. The van der Waals surface area contributed by atoms with Gasteiger partial charge in [-0.05, 0) is 85.5 Å². The van der Waals surface area contributed by atoms with E-state index in [0.717, 1.165) is 42.6 Å². The SMILES string of the molecule is O=Cc1ccc(OCCCCc2cn(CCOCCOc3ccc(-c4oc5ccccc5c(=O)c4OCc4ccccc4)cc3)nn2)cc1. The summed E-state index contributed by atoms with van der Waals surface area (Å²) in [7, 11) is 0. The van der Waals surface area contributed by atoms with Crippen LogP contribution in [0.5, 0.6) is 17.2 Å². The summed E-state index contributed by atoms with van der Waals surface area (Å²) in [6.07, 6.45) is 5.39. The van der Waals surface area contributed by atoms with E-state index in [1.165, 1.54) is 0 Å². The van der Waals surface area contributed by atoms with Gasteiger partial charge in [0.2, 0.25) is 11.2 Å². The second-order valence-electron chi connectivity index (χ2n) is 11.3. The van der Waals surface area contributed by atoms with Crippen LogP contribution in [0.25, 0.3) is 22.3 Å². The topological polar surface area (TPSA) is 115 Å². The Bertz CT molecular complexity index is 1990. The molecule has 0 spiro atoms. The molecule has 0 N–H and O–H groups in total. The van der Waals surface area contributed by atoms with Crippen molar-refractivity contribution in [1.82, 2.24) is 15.0 Å². The van der Waals surface area contributed by atoms with Gasteiger partial charge in [-0.2, -0.15) is 0 Å². The van der Waals surface area contributed by atoms with Gasteiger partial charge in [0.25, 0.3) is 0 Å². The lowest BCUT2D eigenvalue weighted by Crippen LogP contribution is -2.12. The van der Waals surface area contributed by atoms with E-state index in [2.05, 4.69) is 10.3 Å². The number of fused-ring (bicyclic) bond motifs is 1. The number of benzene rings is 4. The van der Waals surface area contributed by atoms with E-state index in [4.69, 9.17) is 23.4 Å². The van der Waals surface area contributed by atoms with Crippen LogP contribution in [0, 0.1) is 0 Å². The molecular formula is C39H37N3O7. The number of rotatable bonds is 18. The molecule has 49 heavy (non-hydrogen) atoms. The third-order valence-corrected chi connectivity index (χ3v) is 7.76. The molecule has 0 saturated heterocycles. The summed E-state index contributed by atoms with van der Waals surface area (Å²) in [6, 6.07) is 31.3. The average Bonchev–Trinajstić information content (AvgIpc) is 3.61. The van der Waals surface area contributed by atoms with Crippen LogP contribution < -0.4 is 19.6 Å². The number of aldehydes is 1. The van der Waals surface area contributed by atoms with Crippen LogP contribution in [0.15, 0.2) is 119 Å². The standard InChI is InChI=1S/C39H37N3O7/c43-27-29-13-17-33(18-14-29)46-22-7-6-10-32-26-42(41-40-32)21-23-45-24-25-47-34-19-15-31(16-20-34)38-39(48-28-30-8-2-1-3-9-30)37(44)35-11-4-5-12-36(35)49-38/h1-5,8-9,11-20,26-27H,6-7,10,21-25,28H2. The maximum atomic E-state index is 13.4. The summed E-state index contributed by atoms with van der Waals surface area (Å²) >= 11 is 0. The molecule has 4 aromatic carbocycles. The first-order chi connectivity index (χ1) is 24.2. The number of carbonyl (C=O) groups excluding carboxylic acids is 1. The first kappa shape index (κ1) is 33.2. The Balaban J connectivity index is 0.923. The lowest BCUT2D eigenvalue weighted by Gasteiger charge is -2.12. The summed E-state index contributed by atoms with van der Waals surface area (Å²) in [6.45, 7) is 2.71. The molecule has 0 fully saturated rings. The lowest BCUT2D eigenvalue weighted by atomic mass is 10.1. The normalized spacial score (nSPS) is 11.0. The van der Waals surface area contributed by atoms with Crippen LogP contribution in [-0.4, -0.2) is 47.7 Å². The van der Waals surface area contributed by atoms with E-state index < -0.39 is 0 Å². The highest BCUT2D eigenvalue weighted by Crippen LogP contribution is 2.32. The fraction of sp³-hybridized carbons (Fsp3) is 0.231. The zero-order valence-electron chi connectivity index (χ0n) is 27.0. The Labute approximate surface area is 283 Å². The van der Waals surface area contributed by atoms with Crippen LogP contribution in [-0.2, 0) is 24.3 Å². The second-order valence-corrected chi connectivity index (χ2v) is 11.3. The minimum absolute atomic E-state index is 0.175. The van der Waals surface area contributed by atoms with Crippen molar-refractivity contribution in [3.63, 3.8) is 0 Å². The quantitative estimate of drug-likeness (QED) is 0.0715. The van der Waals surface area contributed by atoms with Crippen molar-refractivity contribution in [2.24, 2.45) is 0 Å². The summed E-state index contributed by atoms with van der Waals surface area (Å²) in [5, 5.41) is 8.91. The van der Waals surface area contributed by atoms with Crippen LogP contribution in [0.3, 0.4) is 0 Å². The second kappa shape index (κ2) is 16.9. The van der Waals surface area contributed by atoms with Gasteiger partial charge in [0.05, 0.1) is 37.4 Å². The molecule has 0 bridgehead atoms. The Kier molecular flexibility index (Phi) is 11.4. The fourth-order valence-corrected chi connectivity index (χ4v) is 5.16. The summed E-state index contributed by atoms with van der Waals surface area (Å²) in [5.74, 6) is 1.98. The maximum Gasteiger partial charge on any atom is 0.235 e. The average molecular weight is 660 g/mol. The van der Waals surface area contributed by atoms with E-state index in [0.29, 0.717) is 66.6 Å². The number of aryl methyl sites for hydroxylation is 1. The molecule has 0 amide bonds. The number of aromatic nitrogens is 3. The molecule has 0 unspecified atom stereocenters. The van der Waals surface area contributed by atoms with Gasteiger partial charge in [-0.3, -0.25) is 9.59 Å².